The molecular weight excluding hydrogens is 338 g/mol. The third-order valence-corrected chi connectivity index (χ3v) is 5.22. The van der Waals surface area contributed by atoms with Gasteiger partial charge in [-0.1, -0.05) is 30.3 Å². The maximum Gasteiger partial charge on any atom is 0.286 e. The monoisotopic (exact) mass is 353 g/mol. The smallest absolute Gasteiger partial charge is 0.286 e. The van der Waals surface area contributed by atoms with Crippen molar-refractivity contribution in [3.63, 3.8) is 0 Å². The molecule has 0 atom stereocenters. The van der Waals surface area contributed by atoms with Crippen molar-refractivity contribution >= 4 is 27.3 Å². The summed E-state index contributed by atoms with van der Waals surface area (Å²) in [6, 6.07) is 15.7. The number of benzene rings is 2. The van der Waals surface area contributed by atoms with Crippen molar-refractivity contribution in [1.29, 1.82) is 5.26 Å². The van der Waals surface area contributed by atoms with Crippen molar-refractivity contribution in [2.24, 2.45) is 4.40 Å². The minimum atomic E-state index is -3.86. The molecule has 2 aromatic carbocycles. The topological polar surface area (TPSA) is 99.4 Å². The Hall–Kier alpha value is -2.98. The average molecular weight is 353 g/mol. The summed E-state index contributed by atoms with van der Waals surface area (Å²) in [6.07, 6.45) is 1.20. The van der Waals surface area contributed by atoms with Gasteiger partial charge in [-0.05, 0) is 36.6 Å². The van der Waals surface area contributed by atoms with Crippen molar-refractivity contribution in [3.8, 4) is 6.07 Å². The van der Waals surface area contributed by atoms with Crippen LogP contribution in [0.4, 0.5) is 5.69 Å². The van der Waals surface area contributed by atoms with Crippen LogP contribution in [0.25, 0.3) is 0 Å². The minimum absolute atomic E-state index is 0.0643. The van der Waals surface area contributed by atoms with Gasteiger partial charge < -0.3 is 5.32 Å². The Morgan fingerprint density at radius 3 is 2.64 bits per heavy atom. The highest BCUT2D eigenvalue weighted by molar-refractivity contribution is 7.90. The molecule has 1 heterocycles. The maximum absolute atomic E-state index is 12.3. The lowest BCUT2D eigenvalue weighted by Crippen LogP contribution is -2.28. The number of carbonyl (C=O) groups excluding carboxylic acids is 1. The van der Waals surface area contributed by atoms with Gasteiger partial charge in [0.25, 0.3) is 10.0 Å². The van der Waals surface area contributed by atoms with E-state index in [1.54, 1.807) is 30.3 Å². The highest BCUT2D eigenvalue weighted by atomic mass is 32.2. The molecule has 7 heteroatoms. The van der Waals surface area contributed by atoms with Crippen LogP contribution in [0.5, 0.6) is 0 Å². The van der Waals surface area contributed by atoms with Gasteiger partial charge in [-0.15, -0.1) is 4.40 Å². The molecule has 2 aromatic rings. The van der Waals surface area contributed by atoms with Crippen LogP contribution in [0, 0.1) is 11.3 Å². The van der Waals surface area contributed by atoms with Crippen LogP contribution >= 0.6 is 0 Å². The fourth-order valence-corrected chi connectivity index (χ4v) is 3.77. The standard InChI is InChI=1S/C18H15N3O3S/c19-12-14-7-2-1-6-13(14)8-5-10-16(22)18-20-15-9-3-4-11-17(15)25(23,24)21-18/h1-4,6-7,9,11H,5,8,10H2,(H,20,21). The summed E-state index contributed by atoms with van der Waals surface area (Å²) in [5.41, 5.74) is 1.81. The summed E-state index contributed by atoms with van der Waals surface area (Å²) in [5, 5.41) is 11.9. The molecule has 1 N–H and O–H groups in total. The SMILES string of the molecule is N#Cc1ccccc1CCCC(=O)C1=NS(=O)(=O)c2ccccc2N1. The molecule has 0 bridgehead atoms. The number of rotatable bonds is 5. The highest BCUT2D eigenvalue weighted by Gasteiger charge is 2.27. The molecule has 1 aliphatic rings. The first-order valence-corrected chi connectivity index (χ1v) is 9.17. The van der Waals surface area contributed by atoms with E-state index in [4.69, 9.17) is 5.26 Å². The molecule has 6 nitrogen and oxygen atoms in total. The highest BCUT2D eigenvalue weighted by Crippen LogP contribution is 2.27. The fraction of sp³-hybridized carbons (Fsp3) is 0.167. The van der Waals surface area contributed by atoms with Gasteiger partial charge in [-0.2, -0.15) is 13.7 Å². The first kappa shape index (κ1) is 16.9. The lowest BCUT2D eigenvalue weighted by Gasteiger charge is -2.17. The number of nitrogens with one attached hydrogen (secondary N) is 1. The number of para-hydroxylation sites is 1. The fourth-order valence-electron chi connectivity index (χ4n) is 2.64. The largest absolute Gasteiger partial charge is 0.335 e. The van der Waals surface area contributed by atoms with E-state index in [2.05, 4.69) is 15.8 Å². The molecule has 0 radical (unpaired) electrons. The van der Waals surface area contributed by atoms with Crippen LogP contribution in [-0.4, -0.2) is 20.0 Å². The number of carbonyl (C=O) groups is 1. The zero-order valence-electron chi connectivity index (χ0n) is 13.3. The second kappa shape index (κ2) is 6.87. The Labute approximate surface area is 145 Å². The van der Waals surface area contributed by atoms with E-state index in [9.17, 15) is 13.2 Å². The number of aryl methyl sites for hydroxylation is 1. The Bertz CT molecular complexity index is 1000. The molecule has 0 fully saturated rings. The second-order valence-electron chi connectivity index (χ2n) is 5.58. The predicted octanol–water partition coefficient (Wildman–Crippen LogP) is 2.66. The van der Waals surface area contributed by atoms with E-state index >= 15 is 0 Å². The number of sulfonamides is 1. The molecule has 0 amide bonds. The van der Waals surface area contributed by atoms with Crippen LogP contribution < -0.4 is 5.32 Å². The summed E-state index contributed by atoms with van der Waals surface area (Å²) in [6.45, 7) is 0. The van der Waals surface area contributed by atoms with E-state index in [0.717, 1.165) is 5.56 Å². The van der Waals surface area contributed by atoms with Crippen LogP contribution in [0.15, 0.2) is 57.8 Å². The number of ketones is 1. The van der Waals surface area contributed by atoms with Crippen molar-refractivity contribution in [3.05, 3.63) is 59.7 Å². The molecule has 0 saturated heterocycles. The lowest BCUT2D eigenvalue weighted by atomic mass is 10.0. The summed E-state index contributed by atoms with van der Waals surface area (Å²) >= 11 is 0. The van der Waals surface area contributed by atoms with E-state index in [1.165, 1.54) is 6.07 Å². The summed E-state index contributed by atoms with van der Waals surface area (Å²) in [7, 11) is -3.86. The van der Waals surface area contributed by atoms with E-state index < -0.39 is 10.0 Å². The van der Waals surface area contributed by atoms with Crippen molar-refractivity contribution in [1.82, 2.24) is 0 Å². The van der Waals surface area contributed by atoms with Gasteiger partial charge in [0.05, 0.1) is 17.3 Å². The third-order valence-electron chi connectivity index (χ3n) is 3.88. The van der Waals surface area contributed by atoms with Crippen molar-refractivity contribution in [2.75, 3.05) is 5.32 Å². The summed E-state index contributed by atoms with van der Waals surface area (Å²) < 4.78 is 27.9. The first-order chi connectivity index (χ1) is 12.0. The zero-order chi connectivity index (χ0) is 17.9. The van der Waals surface area contributed by atoms with Crippen LogP contribution in [0.1, 0.15) is 24.0 Å². The molecule has 0 aliphatic carbocycles. The van der Waals surface area contributed by atoms with Crippen LogP contribution in [0.3, 0.4) is 0 Å². The molecule has 0 unspecified atom stereocenters. The molecule has 1 aliphatic heterocycles. The van der Waals surface area contributed by atoms with E-state index in [-0.39, 0.29) is 22.9 Å². The van der Waals surface area contributed by atoms with Crippen molar-refractivity contribution in [2.45, 2.75) is 24.2 Å². The number of amidine groups is 1. The molecule has 126 valence electrons. The summed E-state index contributed by atoms with van der Waals surface area (Å²) in [4.78, 5) is 12.4. The van der Waals surface area contributed by atoms with Crippen LogP contribution in [-0.2, 0) is 21.2 Å². The van der Waals surface area contributed by atoms with E-state index in [0.29, 0.717) is 24.1 Å². The second-order valence-corrected chi connectivity index (χ2v) is 7.15. The van der Waals surface area contributed by atoms with Gasteiger partial charge in [0.1, 0.15) is 4.90 Å². The van der Waals surface area contributed by atoms with Gasteiger partial charge >= 0.3 is 0 Å². The molecule has 0 saturated carbocycles. The number of nitrogens with zero attached hydrogens (tertiary/aromatic N) is 2. The Morgan fingerprint density at radius 2 is 1.84 bits per heavy atom. The number of hydrogen-bond acceptors (Lipinski definition) is 5. The molecule has 0 aromatic heterocycles. The van der Waals surface area contributed by atoms with Crippen LogP contribution in [0.2, 0.25) is 0 Å². The Morgan fingerprint density at radius 1 is 1.12 bits per heavy atom. The molecular formula is C18H15N3O3S. The van der Waals surface area contributed by atoms with Crippen molar-refractivity contribution < 1.29 is 13.2 Å². The third kappa shape index (κ3) is 3.59. The minimum Gasteiger partial charge on any atom is -0.335 e. The number of hydrogen-bond donors (Lipinski definition) is 1. The zero-order valence-corrected chi connectivity index (χ0v) is 14.1. The average Bonchev–Trinajstić information content (AvgIpc) is 2.61. The Balaban J connectivity index is 1.69. The lowest BCUT2D eigenvalue weighted by molar-refractivity contribution is -0.113. The molecule has 0 spiro atoms. The number of fused-ring (bicyclic) bond motifs is 1. The predicted molar refractivity (Wildman–Crippen MR) is 93.8 cm³/mol. The first-order valence-electron chi connectivity index (χ1n) is 7.73. The van der Waals surface area contributed by atoms with Gasteiger partial charge in [0.2, 0.25) is 0 Å². The van der Waals surface area contributed by atoms with E-state index in [1.807, 2.05) is 12.1 Å². The normalized spacial score (nSPS) is 14.6. The number of Topliss-reactive ketones (excluding diaryl/α,β-unsaturated/α-hetero) is 1. The number of anilines is 1. The quantitative estimate of drug-likeness (QED) is 0.891. The maximum atomic E-state index is 12.3. The van der Waals surface area contributed by atoms with Gasteiger partial charge in [-0.25, -0.2) is 0 Å². The van der Waals surface area contributed by atoms with Gasteiger partial charge in [0.15, 0.2) is 11.6 Å². The molecule has 25 heavy (non-hydrogen) atoms. The molecule has 3 rings (SSSR count). The summed E-state index contributed by atoms with van der Waals surface area (Å²) in [5.74, 6) is -0.528. The Kier molecular flexibility index (Phi) is 4.63. The number of nitriles is 1. The van der Waals surface area contributed by atoms with Gasteiger partial charge in [-0.3, -0.25) is 4.79 Å². The van der Waals surface area contributed by atoms with Gasteiger partial charge in [0, 0.05) is 6.42 Å².